The van der Waals surface area contributed by atoms with Crippen LogP contribution in [0.1, 0.15) is 16.8 Å². The van der Waals surface area contributed by atoms with Gasteiger partial charge in [0.25, 0.3) is 0 Å². The minimum absolute atomic E-state index is 0.0666. The van der Waals surface area contributed by atoms with Gasteiger partial charge < -0.3 is 19.1 Å². The second kappa shape index (κ2) is 10.3. The molecule has 0 aliphatic carbocycles. The number of benzene rings is 2. The van der Waals surface area contributed by atoms with Gasteiger partial charge in [0.2, 0.25) is 5.88 Å². The van der Waals surface area contributed by atoms with E-state index in [-0.39, 0.29) is 18.0 Å². The van der Waals surface area contributed by atoms with Crippen molar-refractivity contribution in [2.75, 3.05) is 26.2 Å². The van der Waals surface area contributed by atoms with Crippen LogP contribution in [0.5, 0.6) is 17.4 Å². The number of halogens is 1. The number of pyridine rings is 1. The largest absolute Gasteiger partial charge is 0.497 e. The molecule has 1 heterocycles. The van der Waals surface area contributed by atoms with Crippen LogP contribution in [-0.4, -0.2) is 26.3 Å². The summed E-state index contributed by atoms with van der Waals surface area (Å²) in [4.78, 5) is 6.22. The molecule has 0 atom stereocenters. The van der Waals surface area contributed by atoms with E-state index in [2.05, 4.69) is 4.98 Å². The molecule has 3 aromatic rings. The van der Waals surface area contributed by atoms with E-state index in [0.717, 1.165) is 22.6 Å². The minimum Gasteiger partial charge on any atom is -0.497 e. The standard InChI is InChI=1S/C24H24FN3O3/c1-29-19-8-4-17(5-9-19)15-28(16-18-6-10-20(30-2)11-7-18)23-14-21(25)22(12-13-26)27-24(23)31-3/h4-11,14H,12,15-16H2,1-3H3. The molecule has 0 N–H and O–H groups in total. The summed E-state index contributed by atoms with van der Waals surface area (Å²) in [6.07, 6.45) is -0.126. The van der Waals surface area contributed by atoms with Gasteiger partial charge in [0.1, 0.15) is 23.0 Å². The summed E-state index contributed by atoms with van der Waals surface area (Å²) in [6.45, 7) is 0.982. The van der Waals surface area contributed by atoms with Crippen molar-refractivity contribution in [3.05, 3.63) is 77.2 Å². The number of nitrogens with zero attached hydrogens (tertiary/aromatic N) is 3. The predicted molar refractivity (Wildman–Crippen MR) is 116 cm³/mol. The maximum absolute atomic E-state index is 14.7. The maximum Gasteiger partial charge on any atom is 0.237 e. The molecular weight excluding hydrogens is 397 g/mol. The van der Waals surface area contributed by atoms with E-state index >= 15 is 0 Å². The molecule has 0 aliphatic heterocycles. The molecule has 0 unspecified atom stereocenters. The van der Waals surface area contributed by atoms with Crippen molar-refractivity contribution in [1.29, 1.82) is 5.26 Å². The van der Waals surface area contributed by atoms with Crippen LogP contribution >= 0.6 is 0 Å². The molecule has 0 aliphatic rings. The normalized spacial score (nSPS) is 10.3. The van der Waals surface area contributed by atoms with E-state index in [1.165, 1.54) is 13.2 Å². The molecule has 2 aromatic carbocycles. The highest BCUT2D eigenvalue weighted by atomic mass is 19.1. The number of aromatic nitrogens is 1. The van der Waals surface area contributed by atoms with Crippen molar-refractivity contribution < 1.29 is 18.6 Å². The Balaban J connectivity index is 1.99. The van der Waals surface area contributed by atoms with E-state index in [1.807, 2.05) is 59.5 Å². The van der Waals surface area contributed by atoms with E-state index in [0.29, 0.717) is 18.8 Å². The summed E-state index contributed by atoms with van der Waals surface area (Å²) in [5.41, 5.74) is 2.60. The summed E-state index contributed by atoms with van der Waals surface area (Å²) in [6, 6.07) is 18.7. The second-order valence-corrected chi connectivity index (χ2v) is 6.83. The Morgan fingerprint density at radius 1 is 0.871 bits per heavy atom. The molecule has 7 heteroatoms. The van der Waals surface area contributed by atoms with Crippen LogP contribution < -0.4 is 19.1 Å². The van der Waals surface area contributed by atoms with Gasteiger partial charge in [-0.2, -0.15) is 5.26 Å². The number of rotatable bonds is 9. The number of ether oxygens (including phenoxy) is 3. The van der Waals surface area contributed by atoms with Crippen LogP contribution in [0.4, 0.5) is 10.1 Å². The molecule has 1 aromatic heterocycles. The maximum atomic E-state index is 14.7. The minimum atomic E-state index is -0.535. The monoisotopic (exact) mass is 421 g/mol. The van der Waals surface area contributed by atoms with Crippen molar-refractivity contribution >= 4 is 5.69 Å². The summed E-state index contributed by atoms with van der Waals surface area (Å²) in [7, 11) is 4.72. The van der Waals surface area contributed by atoms with Gasteiger partial charge in [-0.05, 0) is 35.4 Å². The molecule has 0 saturated heterocycles. The first kappa shape index (κ1) is 21.9. The molecule has 3 rings (SSSR count). The van der Waals surface area contributed by atoms with Gasteiger partial charge in [0.15, 0.2) is 0 Å². The molecule has 0 amide bonds. The first-order chi connectivity index (χ1) is 15.1. The zero-order valence-electron chi connectivity index (χ0n) is 17.8. The Morgan fingerprint density at radius 3 is 1.81 bits per heavy atom. The molecule has 0 saturated carbocycles. The van der Waals surface area contributed by atoms with E-state index in [4.69, 9.17) is 19.5 Å². The van der Waals surface area contributed by atoms with Crippen LogP contribution in [0, 0.1) is 17.1 Å². The summed E-state index contributed by atoms with van der Waals surface area (Å²) < 4.78 is 30.6. The summed E-state index contributed by atoms with van der Waals surface area (Å²) in [5.74, 6) is 1.26. The van der Waals surface area contributed by atoms with Gasteiger partial charge in [-0.25, -0.2) is 9.37 Å². The number of methoxy groups -OCH3 is 3. The lowest BCUT2D eigenvalue weighted by molar-refractivity contribution is 0.393. The fourth-order valence-corrected chi connectivity index (χ4v) is 3.20. The number of hydrogen-bond acceptors (Lipinski definition) is 6. The van der Waals surface area contributed by atoms with Crippen molar-refractivity contribution in [3.8, 4) is 23.4 Å². The smallest absolute Gasteiger partial charge is 0.237 e. The average Bonchev–Trinajstić information content (AvgIpc) is 2.80. The third kappa shape index (κ3) is 5.43. The van der Waals surface area contributed by atoms with Crippen LogP contribution in [0.25, 0.3) is 0 Å². The lowest BCUT2D eigenvalue weighted by Crippen LogP contribution is -2.23. The van der Waals surface area contributed by atoms with E-state index in [9.17, 15) is 4.39 Å². The van der Waals surface area contributed by atoms with Gasteiger partial charge in [-0.15, -0.1) is 0 Å². The predicted octanol–water partition coefficient (Wildman–Crippen LogP) is 4.52. The first-order valence-electron chi connectivity index (χ1n) is 9.69. The number of nitriles is 1. The Bertz CT molecular complexity index is 998. The summed E-state index contributed by atoms with van der Waals surface area (Å²) in [5, 5.41) is 8.93. The highest BCUT2D eigenvalue weighted by Gasteiger charge is 2.19. The Morgan fingerprint density at radius 2 is 1.39 bits per heavy atom. The SMILES string of the molecule is COc1ccc(CN(Cc2ccc(OC)cc2)c2cc(F)c(CC#N)nc2OC)cc1. The zero-order valence-corrected chi connectivity index (χ0v) is 17.8. The highest BCUT2D eigenvalue weighted by molar-refractivity contribution is 5.57. The fourth-order valence-electron chi connectivity index (χ4n) is 3.20. The summed E-state index contributed by atoms with van der Waals surface area (Å²) >= 11 is 0. The van der Waals surface area contributed by atoms with E-state index in [1.54, 1.807) is 14.2 Å². The lowest BCUT2D eigenvalue weighted by Gasteiger charge is -2.27. The Labute approximate surface area is 181 Å². The third-order valence-corrected chi connectivity index (χ3v) is 4.84. The van der Waals surface area contributed by atoms with Crippen LogP contribution in [0.15, 0.2) is 54.6 Å². The number of anilines is 1. The van der Waals surface area contributed by atoms with Gasteiger partial charge in [0, 0.05) is 19.2 Å². The van der Waals surface area contributed by atoms with Crippen molar-refractivity contribution in [2.24, 2.45) is 0 Å². The van der Waals surface area contributed by atoms with Crippen molar-refractivity contribution in [1.82, 2.24) is 4.98 Å². The van der Waals surface area contributed by atoms with Crippen molar-refractivity contribution in [3.63, 3.8) is 0 Å². The van der Waals surface area contributed by atoms with Crippen LogP contribution in [0.2, 0.25) is 0 Å². The molecule has 0 spiro atoms. The molecule has 160 valence electrons. The van der Waals surface area contributed by atoms with Gasteiger partial charge in [-0.1, -0.05) is 24.3 Å². The Kier molecular flexibility index (Phi) is 7.28. The number of hydrogen-bond donors (Lipinski definition) is 0. The molecule has 6 nitrogen and oxygen atoms in total. The topological polar surface area (TPSA) is 67.6 Å². The van der Waals surface area contributed by atoms with Crippen LogP contribution in [0.3, 0.4) is 0 Å². The van der Waals surface area contributed by atoms with Gasteiger partial charge in [-0.3, -0.25) is 0 Å². The first-order valence-corrected chi connectivity index (χ1v) is 9.69. The van der Waals surface area contributed by atoms with Gasteiger partial charge in [0.05, 0.1) is 39.5 Å². The molecule has 0 bridgehead atoms. The molecule has 0 fully saturated rings. The molecule has 0 radical (unpaired) electrons. The quantitative estimate of drug-likeness (QED) is 0.506. The molecular formula is C24H24FN3O3. The highest BCUT2D eigenvalue weighted by Crippen LogP contribution is 2.31. The zero-order chi connectivity index (χ0) is 22.2. The molecule has 31 heavy (non-hydrogen) atoms. The average molecular weight is 421 g/mol. The third-order valence-electron chi connectivity index (χ3n) is 4.84. The fraction of sp³-hybridized carbons (Fsp3) is 0.250. The van der Waals surface area contributed by atoms with E-state index < -0.39 is 5.82 Å². The van der Waals surface area contributed by atoms with Gasteiger partial charge >= 0.3 is 0 Å². The van der Waals surface area contributed by atoms with Crippen LogP contribution in [-0.2, 0) is 19.5 Å². The second-order valence-electron chi connectivity index (χ2n) is 6.83. The van der Waals surface area contributed by atoms with Crippen molar-refractivity contribution in [2.45, 2.75) is 19.5 Å². The lowest BCUT2D eigenvalue weighted by atomic mass is 10.1. The Hall–Kier alpha value is -3.79.